The predicted molar refractivity (Wildman–Crippen MR) is 81.5 cm³/mol. The first kappa shape index (κ1) is 14.7. The molecule has 2 aromatic carbocycles. The maximum atomic E-state index is 12.2. The zero-order valence-electron chi connectivity index (χ0n) is 11.2. The first-order chi connectivity index (χ1) is 10.1. The quantitative estimate of drug-likeness (QED) is 0.853. The number of nitrogens with zero attached hydrogens (tertiary/aromatic N) is 1. The van der Waals surface area contributed by atoms with Gasteiger partial charge in [0.15, 0.2) is 0 Å². The lowest BCUT2D eigenvalue weighted by Crippen LogP contribution is -2.14. The molecular formula is C15H12ClN3O2. The second-order valence-corrected chi connectivity index (χ2v) is 4.59. The van der Waals surface area contributed by atoms with E-state index < -0.39 is 5.91 Å². The Balaban J connectivity index is 2.36. The Morgan fingerprint density at radius 3 is 2.76 bits per heavy atom. The molecule has 5 nitrogen and oxygen atoms in total. The van der Waals surface area contributed by atoms with Crippen molar-refractivity contribution in [2.75, 3.05) is 18.2 Å². The molecule has 0 aliphatic heterocycles. The number of anilines is 2. The highest BCUT2D eigenvalue weighted by Gasteiger charge is 2.14. The van der Waals surface area contributed by atoms with E-state index in [4.69, 9.17) is 27.3 Å². The van der Waals surface area contributed by atoms with Gasteiger partial charge in [0, 0.05) is 5.56 Å². The molecule has 106 valence electrons. The van der Waals surface area contributed by atoms with E-state index in [1.165, 1.54) is 13.2 Å². The van der Waals surface area contributed by atoms with E-state index in [2.05, 4.69) is 5.32 Å². The van der Waals surface area contributed by atoms with Gasteiger partial charge >= 0.3 is 0 Å². The first-order valence-electron chi connectivity index (χ1n) is 6.00. The summed E-state index contributed by atoms with van der Waals surface area (Å²) in [6.07, 6.45) is 0. The Bertz CT molecular complexity index is 738. The van der Waals surface area contributed by atoms with Crippen LogP contribution < -0.4 is 15.8 Å². The number of methoxy groups -OCH3 is 1. The van der Waals surface area contributed by atoms with Crippen molar-refractivity contribution in [1.82, 2.24) is 0 Å². The number of benzene rings is 2. The average molecular weight is 302 g/mol. The molecule has 0 unspecified atom stereocenters. The minimum absolute atomic E-state index is 0.295. The molecule has 0 aliphatic rings. The number of nitrogens with two attached hydrogens (primary N) is 1. The fraction of sp³-hybridized carbons (Fsp3) is 0.0667. The first-order valence-corrected chi connectivity index (χ1v) is 6.38. The SMILES string of the molecule is COc1cccc(C#N)c1NC(=O)c1ccc(N)c(Cl)c1. The van der Waals surface area contributed by atoms with Gasteiger partial charge in [0.05, 0.1) is 23.4 Å². The molecule has 0 aromatic heterocycles. The monoisotopic (exact) mass is 301 g/mol. The summed E-state index contributed by atoms with van der Waals surface area (Å²) in [5, 5.41) is 12.1. The molecule has 1 amide bonds. The minimum Gasteiger partial charge on any atom is -0.495 e. The molecule has 0 atom stereocenters. The molecule has 0 bridgehead atoms. The molecule has 6 heteroatoms. The topological polar surface area (TPSA) is 88.1 Å². The van der Waals surface area contributed by atoms with Crippen molar-refractivity contribution in [2.45, 2.75) is 0 Å². The largest absolute Gasteiger partial charge is 0.495 e. The van der Waals surface area contributed by atoms with Crippen LogP contribution in [0.2, 0.25) is 5.02 Å². The van der Waals surface area contributed by atoms with Gasteiger partial charge < -0.3 is 15.8 Å². The Hall–Kier alpha value is -2.71. The maximum absolute atomic E-state index is 12.2. The van der Waals surface area contributed by atoms with Crippen molar-refractivity contribution < 1.29 is 9.53 Å². The van der Waals surface area contributed by atoms with Crippen molar-refractivity contribution in [2.24, 2.45) is 0 Å². The van der Waals surface area contributed by atoms with Gasteiger partial charge in [0.2, 0.25) is 0 Å². The van der Waals surface area contributed by atoms with Crippen molar-refractivity contribution >= 4 is 28.9 Å². The number of nitriles is 1. The van der Waals surface area contributed by atoms with Crippen LogP contribution in [0.1, 0.15) is 15.9 Å². The lowest BCUT2D eigenvalue weighted by Gasteiger charge is -2.12. The molecule has 2 rings (SSSR count). The molecule has 21 heavy (non-hydrogen) atoms. The number of ether oxygens (including phenoxy) is 1. The Morgan fingerprint density at radius 2 is 2.14 bits per heavy atom. The van der Waals surface area contributed by atoms with Gasteiger partial charge in [-0.25, -0.2) is 0 Å². The molecule has 0 spiro atoms. The van der Waals surface area contributed by atoms with E-state index in [1.54, 1.807) is 30.3 Å². The Kier molecular flexibility index (Phi) is 4.31. The average Bonchev–Trinajstić information content (AvgIpc) is 2.50. The fourth-order valence-electron chi connectivity index (χ4n) is 1.78. The van der Waals surface area contributed by atoms with E-state index in [0.717, 1.165) is 0 Å². The van der Waals surface area contributed by atoms with Crippen molar-refractivity contribution in [3.8, 4) is 11.8 Å². The molecule has 0 aliphatic carbocycles. The lowest BCUT2D eigenvalue weighted by atomic mass is 10.1. The van der Waals surface area contributed by atoms with Gasteiger partial charge in [0.25, 0.3) is 5.91 Å². The summed E-state index contributed by atoms with van der Waals surface area (Å²) in [5.41, 5.74) is 6.96. The number of carbonyl (C=O) groups excluding carboxylic acids is 1. The third-order valence-electron chi connectivity index (χ3n) is 2.87. The van der Waals surface area contributed by atoms with Gasteiger partial charge in [-0.2, -0.15) is 5.26 Å². The van der Waals surface area contributed by atoms with Crippen LogP contribution in [-0.4, -0.2) is 13.0 Å². The number of nitrogens with one attached hydrogen (secondary N) is 1. The standard InChI is InChI=1S/C15H12ClN3O2/c1-21-13-4-2-3-10(8-17)14(13)19-15(20)9-5-6-12(18)11(16)7-9/h2-7H,18H2,1H3,(H,19,20). The summed E-state index contributed by atoms with van der Waals surface area (Å²) >= 11 is 5.90. The molecule has 2 aromatic rings. The molecule has 0 heterocycles. The zero-order chi connectivity index (χ0) is 15.4. The Morgan fingerprint density at radius 1 is 1.38 bits per heavy atom. The number of carbonyl (C=O) groups is 1. The summed E-state index contributed by atoms with van der Waals surface area (Å²) < 4.78 is 5.16. The summed E-state index contributed by atoms with van der Waals surface area (Å²) in [6.45, 7) is 0. The fourth-order valence-corrected chi connectivity index (χ4v) is 1.96. The van der Waals surface area contributed by atoms with Crippen LogP contribution in [0, 0.1) is 11.3 Å². The molecule has 0 saturated carbocycles. The van der Waals surface area contributed by atoms with Crippen LogP contribution in [0.5, 0.6) is 5.75 Å². The van der Waals surface area contributed by atoms with Crippen molar-refractivity contribution in [3.05, 3.63) is 52.5 Å². The van der Waals surface area contributed by atoms with Crippen LogP contribution in [0.3, 0.4) is 0 Å². The molecule has 0 saturated heterocycles. The lowest BCUT2D eigenvalue weighted by molar-refractivity contribution is 0.102. The van der Waals surface area contributed by atoms with E-state index in [9.17, 15) is 4.79 Å². The van der Waals surface area contributed by atoms with Crippen molar-refractivity contribution in [3.63, 3.8) is 0 Å². The number of hydrogen-bond acceptors (Lipinski definition) is 4. The summed E-state index contributed by atoms with van der Waals surface area (Å²) in [6, 6.07) is 11.5. The molecule has 3 N–H and O–H groups in total. The Labute approximate surface area is 126 Å². The third kappa shape index (κ3) is 3.07. The number of amides is 1. The van der Waals surface area contributed by atoms with Gasteiger partial charge in [-0.15, -0.1) is 0 Å². The summed E-state index contributed by atoms with van der Waals surface area (Å²) in [5.74, 6) is 0.00171. The van der Waals surface area contributed by atoms with E-state index in [-0.39, 0.29) is 0 Å². The number of halogens is 1. The smallest absolute Gasteiger partial charge is 0.255 e. The number of para-hydroxylation sites is 1. The minimum atomic E-state index is -0.405. The highest BCUT2D eigenvalue weighted by Crippen LogP contribution is 2.29. The third-order valence-corrected chi connectivity index (χ3v) is 3.20. The zero-order valence-corrected chi connectivity index (χ0v) is 11.9. The van der Waals surface area contributed by atoms with Gasteiger partial charge in [-0.05, 0) is 30.3 Å². The highest BCUT2D eigenvalue weighted by atomic mass is 35.5. The van der Waals surface area contributed by atoms with E-state index >= 15 is 0 Å². The van der Waals surface area contributed by atoms with Crippen LogP contribution in [0.4, 0.5) is 11.4 Å². The number of hydrogen-bond donors (Lipinski definition) is 2. The van der Waals surface area contributed by atoms with E-state index in [1.807, 2.05) is 6.07 Å². The summed E-state index contributed by atoms with van der Waals surface area (Å²) in [4.78, 5) is 12.2. The molecular weight excluding hydrogens is 290 g/mol. The van der Waals surface area contributed by atoms with Crippen LogP contribution in [0.15, 0.2) is 36.4 Å². The molecule has 0 radical (unpaired) electrons. The normalized spacial score (nSPS) is 9.76. The van der Waals surface area contributed by atoms with Crippen LogP contribution in [0.25, 0.3) is 0 Å². The highest BCUT2D eigenvalue weighted by molar-refractivity contribution is 6.33. The van der Waals surface area contributed by atoms with Gasteiger partial charge in [-0.1, -0.05) is 17.7 Å². The van der Waals surface area contributed by atoms with Crippen LogP contribution in [-0.2, 0) is 0 Å². The molecule has 0 fully saturated rings. The van der Waals surface area contributed by atoms with Gasteiger partial charge in [0.1, 0.15) is 17.5 Å². The second kappa shape index (κ2) is 6.16. The predicted octanol–water partition coefficient (Wildman–Crippen LogP) is 3.05. The number of rotatable bonds is 3. The van der Waals surface area contributed by atoms with E-state index in [0.29, 0.717) is 33.3 Å². The maximum Gasteiger partial charge on any atom is 0.255 e. The van der Waals surface area contributed by atoms with Crippen LogP contribution >= 0.6 is 11.6 Å². The van der Waals surface area contributed by atoms with Crippen molar-refractivity contribution in [1.29, 1.82) is 5.26 Å². The summed E-state index contributed by atoms with van der Waals surface area (Å²) in [7, 11) is 1.46. The number of nitrogen functional groups attached to an aromatic ring is 1. The van der Waals surface area contributed by atoms with Gasteiger partial charge in [-0.3, -0.25) is 4.79 Å². The second-order valence-electron chi connectivity index (χ2n) is 4.19.